The van der Waals surface area contributed by atoms with Gasteiger partial charge in [0.05, 0.1) is 39.9 Å². The molecule has 36 heavy (non-hydrogen) atoms. The maximum Gasteiger partial charge on any atom is 0.268 e. The Morgan fingerprint density at radius 1 is 1.11 bits per heavy atom. The minimum Gasteiger partial charge on any atom is -0.414 e. The molecule has 0 saturated carbocycles. The second kappa shape index (κ2) is 9.84. The molecule has 2 aromatic carbocycles. The van der Waals surface area contributed by atoms with Crippen LogP contribution < -0.4 is 5.32 Å². The lowest BCUT2D eigenvalue weighted by molar-refractivity contribution is 0.198. The molecule has 1 atom stereocenters. The normalized spacial score (nSPS) is 15.9. The largest absolute Gasteiger partial charge is 0.414 e. The Morgan fingerprint density at radius 3 is 2.58 bits per heavy atom. The third-order valence-electron chi connectivity index (χ3n) is 6.03. The number of benzene rings is 2. The zero-order chi connectivity index (χ0) is 25.3. The summed E-state index contributed by atoms with van der Waals surface area (Å²) in [4.78, 5) is 9.25. The van der Waals surface area contributed by atoms with Gasteiger partial charge in [0.15, 0.2) is 9.84 Å². The van der Waals surface area contributed by atoms with Crippen molar-refractivity contribution in [1.29, 1.82) is 0 Å². The van der Waals surface area contributed by atoms with Gasteiger partial charge in [-0.3, -0.25) is 4.98 Å². The van der Waals surface area contributed by atoms with Gasteiger partial charge in [-0.15, -0.1) is 10.2 Å². The molecule has 9 nitrogen and oxygen atoms in total. The van der Waals surface area contributed by atoms with E-state index < -0.39 is 20.9 Å². The molecule has 2 aromatic heterocycles. The molecule has 11 heteroatoms. The number of hydrogen-bond donors (Lipinski definition) is 1. The van der Waals surface area contributed by atoms with Gasteiger partial charge in [-0.2, -0.15) is 0 Å². The van der Waals surface area contributed by atoms with E-state index >= 15 is 0 Å². The second-order valence-corrected chi connectivity index (χ2v) is 10.7. The Balaban J connectivity index is 1.42. The van der Waals surface area contributed by atoms with Crippen molar-refractivity contribution < 1.29 is 22.0 Å². The van der Waals surface area contributed by atoms with Crippen LogP contribution in [0.5, 0.6) is 0 Å². The molecule has 1 aliphatic rings. The van der Waals surface area contributed by atoms with Gasteiger partial charge >= 0.3 is 0 Å². The summed E-state index contributed by atoms with van der Waals surface area (Å²) < 4.78 is 51.2. The summed E-state index contributed by atoms with van der Waals surface area (Å²) in [5.41, 5.74) is 3.09. The van der Waals surface area contributed by atoms with Crippen LogP contribution in [0.15, 0.2) is 58.0 Å². The summed E-state index contributed by atoms with van der Waals surface area (Å²) in [6.45, 7) is 2.96. The molecule has 5 rings (SSSR count). The zero-order valence-electron chi connectivity index (χ0n) is 19.7. The Hall–Kier alpha value is -3.54. The topological polar surface area (TPSA) is 120 Å². The van der Waals surface area contributed by atoms with Crippen LogP contribution in [0.3, 0.4) is 0 Å². The van der Waals surface area contributed by atoms with Gasteiger partial charge in [0.25, 0.3) is 11.8 Å². The van der Waals surface area contributed by atoms with Crippen molar-refractivity contribution in [3.63, 3.8) is 0 Å². The molecule has 3 heterocycles. The van der Waals surface area contributed by atoms with Crippen LogP contribution in [-0.2, 0) is 21.1 Å². The average molecular weight is 510 g/mol. The predicted octanol–water partition coefficient (Wildman–Crippen LogP) is 3.59. The van der Waals surface area contributed by atoms with Crippen molar-refractivity contribution in [2.45, 2.75) is 30.0 Å². The highest BCUT2D eigenvalue weighted by atomic mass is 32.2. The molecular formula is C25H24FN5O4S. The van der Waals surface area contributed by atoms with Gasteiger partial charge in [0.2, 0.25) is 0 Å². The van der Waals surface area contributed by atoms with Crippen LogP contribution in [0.4, 0.5) is 4.39 Å². The molecule has 4 aromatic rings. The summed E-state index contributed by atoms with van der Waals surface area (Å²) in [6, 6.07) is 11.3. The van der Waals surface area contributed by atoms with Crippen molar-refractivity contribution in [2.24, 2.45) is 0 Å². The summed E-state index contributed by atoms with van der Waals surface area (Å²) in [5.74, 6) is -0.319. The first kappa shape index (κ1) is 24.2. The molecule has 0 bridgehead atoms. The number of rotatable bonds is 7. The molecule has 1 aliphatic heterocycles. The first-order valence-electron chi connectivity index (χ1n) is 11.4. The number of nitrogens with zero attached hydrogens (tertiary/aromatic N) is 4. The molecule has 0 amide bonds. The Labute approximate surface area is 207 Å². The molecule has 1 unspecified atom stereocenters. The number of ether oxygens (including phenoxy) is 1. The maximum absolute atomic E-state index is 14.6. The molecule has 1 fully saturated rings. The molecule has 1 N–H and O–H groups in total. The van der Waals surface area contributed by atoms with E-state index in [1.807, 2.05) is 0 Å². The van der Waals surface area contributed by atoms with E-state index in [9.17, 15) is 12.8 Å². The fourth-order valence-corrected chi connectivity index (χ4v) is 5.61. The van der Waals surface area contributed by atoms with Gasteiger partial charge in [-0.05, 0) is 50.2 Å². The lowest BCUT2D eigenvalue weighted by atomic mass is 10.1. The van der Waals surface area contributed by atoms with Crippen molar-refractivity contribution in [2.75, 3.05) is 20.3 Å². The van der Waals surface area contributed by atoms with Gasteiger partial charge in [-0.1, -0.05) is 18.2 Å². The van der Waals surface area contributed by atoms with E-state index in [-0.39, 0.29) is 28.8 Å². The highest BCUT2D eigenvalue weighted by Gasteiger charge is 2.31. The summed E-state index contributed by atoms with van der Waals surface area (Å²) in [7, 11) is -1.67. The van der Waals surface area contributed by atoms with Crippen molar-refractivity contribution in [3.8, 4) is 34.3 Å². The maximum atomic E-state index is 14.6. The Kier molecular flexibility index (Phi) is 6.61. The van der Waals surface area contributed by atoms with E-state index in [0.717, 1.165) is 5.56 Å². The van der Waals surface area contributed by atoms with Crippen LogP contribution in [0, 0.1) is 12.7 Å². The van der Waals surface area contributed by atoms with Crippen LogP contribution in [-0.4, -0.2) is 54.1 Å². The van der Waals surface area contributed by atoms with Gasteiger partial charge in [0.1, 0.15) is 11.5 Å². The molecule has 0 spiro atoms. The Morgan fingerprint density at radius 2 is 1.89 bits per heavy atom. The lowest BCUT2D eigenvalue weighted by Crippen LogP contribution is -2.21. The SMILES string of the molecule is CNCc1ccc(-c2nnc(-c3nc(-c4ccc(S(=O)(=O)C5CCOC5)cc4)cnc3C)o2)c(F)c1. The van der Waals surface area contributed by atoms with E-state index in [1.54, 1.807) is 56.6 Å². The van der Waals surface area contributed by atoms with Crippen molar-refractivity contribution >= 4 is 9.84 Å². The zero-order valence-corrected chi connectivity index (χ0v) is 20.5. The average Bonchev–Trinajstić information content (AvgIpc) is 3.58. The summed E-state index contributed by atoms with van der Waals surface area (Å²) in [5, 5.41) is 10.5. The number of hydrogen-bond acceptors (Lipinski definition) is 9. The van der Waals surface area contributed by atoms with E-state index in [2.05, 4.69) is 25.5 Å². The number of nitrogens with one attached hydrogen (secondary N) is 1. The number of sulfone groups is 1. The standard InChI is InChI=1S/C25H24FN5O4S/c1-15-23(25-31-30-24(35-25)20-8-3-16(12-27-2)11-21(20)26)29-22(13-28-15)17-4-6-18(7-5-17)36(32,33)19-9-10-34-14-19/h3-8,11,13,19,27H,9-10,12,14H2,1-2H3. The lowest BCUT2D eigenvalue weighted by Gasteiger charge is -2.10. The molecule has 1 saturated heterocycles. The number of halogens is 1. The van der Waals surface area contributed by atoms with Crippen LogP contribution >= 0.6 is 0 Å². The van der Waals surface area contributed by atoms with Crippen LogP contribution in [0.1, 0.15) is 17.7 Å². The number of aryl methyl sites for hydroxylation is 1. The fourth-order valence-electron chi connectivity index (χ4n) is 4.03. The van der Waals surface area contributed by atoms with E-state index in [1.165, 1.54) is 6.07 Å². The van der Waals surface area contributed by atoms with Crippen LogP contribution in [0.2, 0.25) is 0 Å². The summed E-state index contributed by atoms with van der Waals surface area (Å²) >= 11 is 0. The highest BCUT2D eigenvalue weighted by Crippen LogP contribution is 2.29. The molecule has 0 aliphatic carbocycles. The van der Waals surface area contributed by atoms with Crippen LogP contribution in [0.25, 0.3) is 34.3 Å². The highest BCUT2D eigenvalue weighted by molar-refractivity contribution is 7.92. The molecular weight excluding hydrogens is 485 g/mol. The minimum atomic E-state index is -3.46. The quantitative estimate of drug-likeness (QED) is 0.398. The van der Waals surface area contributed by atoms with Gasteiger partial charge in [-0.25, -0.2) is 17.8 Å². The van der Waals surface area contributed by atoms with Gasteiger partial charge < -0.3 is 14.5 Å². The van der Waals surface area contributed by atoms with E-state index in [4.69, 9.17) is 9.15 Å². The monoisotopic (exact) mass is 509 g/mol. The summed E-state index contributed by atoms with van der Waals surface area (Å²) in [6.07, 6.45) is 2.08. The fraction of sp³-hybridized carbons (Fsp3) is 0.280. The minimum absolute atomic E-state index is 0.0376. The first-order valence-corrected chi connectivity index (χ1v) is 12.9. The third-order valence-corrected chi connectivity index (χ3v) is 8.21. The smallest absolute Gasteiger partial charge is 0.268 e. The predicted molar refractivity (Wildman–Crippen MR) is 130 cm³/mol. The van der Waals surface area contributed by atoms with Gasteiger partial charge in [0, 0.05) is 18.7 Å². The molecule has 0 radical (unpaired) electrons. The molecule has 186 valence electrons. The number of aromatic nitrogens is 4. The third kappa shape index (κ3) is 4.64. The Bertz CT molecular complexity index is 1500. The van der Waals surface area contributed by atoms with Crippen molar-refractivity contribution in [3.05, 3.63) is 65.7 Å². The van der Waals surface area contributed by atoms with Crippen molar-refractivity contribution in [1.82, 2.24) is 25.5 Å². The first-order chi connectivity index (χ1) is 17.4. The second-order valence-electron chi connectivity index (χ2n) is 8.50. The van der Waals surface area contributed by atoms with E-state index in [0.29, 0.717) is 42.2 Å².